The third-order valence-corrected chi connectivity index (χ3v) is 17.3. The first-order valence-electron chi connectivity index (χ1n) is 27.0. The van der Waals surface area contributed by atoms with Crippen LogP contribution in [0.3, 0.4) is 0 Å². The Morgan fingerprint density at radius 3 is 1.78 bits per heavy atom. The Bertz CT molecular complexity index is 2800. The molecule has 3 aromatic rings. The largest absolute Gasteiger partial charge is 0.488 e. The predicted octanol–water partition coefficient (Wildman–Crippen LogP) is 7.80. The number of carbonyl (C=O) groups excluding carboxylic acids is 6. The van der Waals surface area contributed by atoms with Gasteiger partial charge in [-0.15, -0.1) is 0 Å². The average Bonchev–Trinajstić information content (AvgIpc) is 4.07. The van der Waals surface area contributed by atoms with Gasteiger partial charge in [-0.2, -0.15) is 8.42 Å². The summed E-state index contributed by atoms with van der Waals surface area (Å²) in [7, 11) is -4.12. The summed E-state index contributed by atoms with van der Waals surface area (Å²) in [4.78, 5) is 87.6. The van der Waals surface area contributed by atoms with Crippen molar-refractivity contribution in [3.63, 3.8) is 0 Å². The monoisotopic (exact) mass is 1130 g/mol. The number of rotatable bonds is 9. The molecule has 2 aromatic carbocycles. The van der Waals surface area contributed by atoms with Crippen LogP contribution in [0.5, 0.6) is 5.75 Å². The molecular formula is C56H72BrN5O13S. The van der Waals surface area contributed by atoms with Crippen LogP contribution in [0, 0.1) is 30.6 Å². The van der Waals surface area contributed by atoms with Crippen molar-refractivity contribution in [2.75, 3.05) is 26.3 Å². The number of aromatic nitrogens is 1. The van der Waals surface area contributed by atoms with Crippen LogP contribution in [0.4, 0.5) is 0 Å². The van der Waals surface area contributed by atoms with Crippen molar-refractivity contribution in [2.24, 2.45) is 23.7 Å². The summed E-state index contributed by atoms with van der Waals surface area (Å²) in [6, 6.07) is 9.79. The molecule has 2 saturated heterocycles. The SMILES string of the molecule is CCOC(=O)[C@@]12C[C@H]1/C=C\CCCCC[C@H](C)C(=O)N1C[C@@H](OS(=O)(=O)c3ccc(Br)cc3)C[C@H]1C(=O)N2.CCOC(=O)[C@@]12C[C@H]1/C=C\CCCCC[C@H](C)C(=O)N1C[C@H](Oc3ccc4oc(C)nc4c3)C[C@H]1C(=O)N2. The van der Waals surface area contributed by atoms with Crippen molar-refractivity contribution in [1.82, 2.24) is 25.4 Å². The van der Waals surface area contributed by atoms with Crippen LogP contribution >= 0.6 is 15.9 Å². The molecule has 76 heavy (non-hydrogen) atoms. The number of amides is 4. The Balaban J connectivity index is 0.000000201. The number of allylic oxidation sites excluding steroid dienone is 2. The van der Waals surface area contributed by atoms with E-state index in [1.807, 2.05) is 50.3 Å². The third-order valence-electron chi connectivity index (χ3n) is 15.4. The first-order chi connectivity index (χ1) is 36.4. The quantitative estimate of drug-likeness (QED) is 0.118. The van der Waals surface area contributed by atoms with Crippen molar-refractivity contribution >= 4 is 72.7 Å². The minimum Gasteiger partial charge on any atom is -0.488 e. The molecule has 5 heterocycles. The van der Waals surface area contributed by atoms with E-state index >= 15 is 0 Å². The molecule has 4 amide bonds. The molecule has 20 heteroatoms. The van der Waals surface area contributed by atoms with Gasteiger partial charge < -0.3 is 39.1 Å². The molecule has 9 rings (SSSR count). The Morgan fingerprint density at radius 1 is 0.737 bits per heavy atom. The van der Waals surface area contributed by atoms with Crippen molar-refractivity contribution in [1.29, 1.82) is 0 Å². The number of oxazole rings is 1. The molecule has 4 aliphatic heterocycles. The molecule has 10 atom stereocenters. The highest BCUT2D eigenvalue weighted by atomic mass is 79.9. The van der Waals surface area contributed by atoms with Crippen molar-refractivity contribution in [3.05, 3.63) is 77.1 Å². The molecule has 2 N–H and O–H groups in total. The molecule has 2 saturated carbocycles. The van der Waals surface area contributed by atoms with Gasteiger partial charge in [0, 0.05) is 60.5 Å². The van der Waals surface area contributed by atoms with Gasteiger partial charge in [0.25, 0.3) is 10.1 Å². The summed E-state index contributed by atoms with van der Waals surface area (Å²) in [6.45, 7) is 9.71. The second kappa shape index (κ2) is 24.4. The summed E-state index contributed by atoms with van der Waals surface area (Å²) in [5.41, 5.74) is -0.875. The number of halogens is 1. The maximum atomic E-state index is 13.7. The molecule has 6 aliphatic rings. The van der Waals surface area contributed by atoms with E-state index in [-0.39, 0.29) is 78.6 Å². The van der Waals surface area contributed by atoms with Crippen LogP contribution < -0.4 is 15.4 Å². The summed E-state index contributed by atoms with van der Waals surface area (Å²) >= 11 is 3.28. The van der Waals surface area contributed by atoms with Crippen LogP contribution in [0.15, 0.2) is 80.6 Å². The lowest BCUT2D eigenvalue weighted by Crippen LogP contribution is -2.54. The predicted molar refractivity (Wildman–Crippen MR) is 284 cm³/mol. The maximum absolute atomic E-state index is 13.7. The number of aryl methyl sites for hydroxylation is 1. The van der Waals surface area contributed by atoms with E-state index in [0.717, 1.165) is 62.3 Å². The maximum Gasteiger partial charge on any atom is 0.332 e. The van der Waals surface area contributed by atoms with Crippen LogP contribution in [-0.4, -0.2) is 120 Å². The first kappa shape index (κ1) is 56.6. The number of carbonyl (C=O) groups is 6. The van der Waals surface area contributed by atoms with Gasteiger partial charge in [0.1, 0.15) is 40.5 Å². The van der Waals surface area contributed by atoms with Crippen LogP contribution in [0.1, 0.15) is 123 Å². The summed E-state index contributed by atoms with van der Waals surface area (Å²) in [5, 5.41) is 5.88. The zero-order valence-corrected chi connectivity index (χ0v) is 46.5. The smallest absolute Gasteiger partial charge is 0.332 e. The highest BCUT2D eigenvalue weighted by molar-refractivity contribution is 9.10. The molecule has 2 aliphatic carbocycles. The number of ether oxygens (including phenoxy) is 3. The fraction of sp³-hybridized carbons (Fsp3) is 0.589. The number of hydrogen-bond donors (Lipinski definition) is 2. The second-order valence-corrected chi connectivity index (χ2v) is 23.6. The molecule has 1 aromatic heterocycles. The molecule has 0 bridgehead atoms. The third kappa shape index (κ3) is 13.0. The topological polar surface area (TPSA) is 230 Å². The van der Waals surface area contributed by atoms with Crippen LogP contribution in [0.2, 0.25) is 0 Å². The second-order valence-electron chi connectivity index (χ2n) is 21.1. The molecule has 4 fully saturated rings. The molecule has 0 unspecified atom stereocenters. The van der Waals surface area contributed by atoms with E-state index < -0.39 is 57.2 Å². The van der Waals surface area contributed by atoms with Crippen LogP contribution in [-0.2, 0) is 52.5 Å². The van der Waals surface area contributed by atoms with Gasteiger partial charge >= 0.3 is 11.9 Å². The molecular weight excluding hydrogens is 1060 g/mol. The number of hydrogen-bond acceptors (Lipinski definition) is 14. The number of nitrogens with one attached hydrogen (secondary N) is 2. The number of benzene rings is 2. The van der Waals surface area contributed by atoms with Crippen molar-refractivity contribution < 1.29 is 60.0 Å². The zero-order chi connectivity index (χ0) is 54.4. The zero-order valence-electron chi connectivity index (χ0n) is 44.1. The molecule has 18 nitrogen and oxygen atoms in total. The lowest BCUT2D eigenvalue weighted by atomic mass is 10.0. The van der Waals surface area contributed by atoms with E-state index in [9.17, 15) is 37.2 Å². The van der Waals surface area contributed by atoms with Crippen molar-refractivity contribution in [3.8, 4) is 5.75 Å². The summed E-state index contributed by atoms with van der Waals surface area (Å²) in [6.07, 6.45) is 17.2. The Hall–Kier alpha value is -5.60. The highest BCUT2D eigenvalue weighted by Crippen LogP contribution is 2.47. The number of esters is 2. The van der Waals surface area contributed by atoms with E-state index in [0.29, 0.717) is 55.0 Å². The first-order valence-corrected chi connectivity index (χ1v) is 29.2. The van der Waals surface area contributed by atoms with E-state index in [4.69, 9.17) is 22.8 Å². The molecule has 0 spiro atoms. The van der Waals surface area contributed by atoms with E-state index in [1.165, 1.54) is 17.0 Å². The lowest BCUT2D eigenvalue weighted by molar-refractivity contribution is -0.150. The molecule has 0 radical (unpaired) electrons. The Morgan fingerprint density at radius 2 is 1.25 bits per heavy atom. The van der Waals surface area contributed by atoms with Gasteiger partial charge in [-0.25, -0.2) is 14.6 Å². The summed E-state index contributed by atoms with van der Waals surface area (Å²) < 4.78 is 54.6. The van der Waals surface area contributed by atoms with Gasteiger partial charge in [0.15, 0.2) is 11.5 Å². The minimum atomic E-state index is -4.12. The number of nitrogens with zero attached hydrogens (tertiary/aromatic N) is 3. The Kier molecular flexibility index (Phi) is 18.2. The normalized spacial score (nSPS) is 31.1. The van der Waals surface area contributed by atoms with E-state index in [2.05, 4.69) is 37.6 Å². The van der Waals surface area contributed by atoms with Gasteiger partial charge in [-0.1, -0.05) is 79.8 Å². The fourth-order valence-corrected chi connectivity index (χ4v) is 12.3. The van der Waals surface area contributed by atoms with Gasteiger partial charge in [0.2, 0.25) is 23.6 Å². The van der Waals surface area contributed by atoms with Crippen LogP contribution in [0.25, 0.3) is 11.1 Å². The standard InChI is InChI=1S/C29H37N3O6.C27H35BrN2O7S/c1-4-36-28(35)29-16-20(29)11-9-7-5-6-8-10-18(2)27(34)32-17-22(15-24(32)26(33)31-29)38-21-12-13-25-23(14-21)30-19(3)37-25;1-3-36-26(33)27-16-19(27)10-8-6-4-5-7-9-18(2)25(32)30-17-21(15-23(30)24(31)29-27)37-38(34,35)22-13-11-20(28)12-14-22/h9,11-14,18,20,22,24H,4-8,10,15-17H2,1-3H3,(H,31,33);8,10-14,18-19,21,23H,3-7,9,15-17H2,1-2H3,(H,29,31)/b11-9-;10-8-/t18-,20+,22+,24-,29+;18-,19+,21-,23-,27+/m00/s1. The van der Waals surface area contributed by atoms with E-state index in [1.54, 1.807) is 37.8 Å². The van der Waals surface area contributed by atoms with Gasteiger partial charge in [-0.05, 0) is 102 Å². The number of fused-ring (bicyclic) bond motifs is 5. The van der Waals surface area contributed by atoms with Gasteiger partial charge in [-0.3, -0.25) is 23.4 Å². The lowest BCUT2D eigenvalue weighted by Gasteiger charge is -2.28. The average molecular weight is 1140 g/mol. The van der Waals surface area contributed by atoms with Gasteiger partial charge in [0.05, 0.1) is 30.8 Å². The summed E-state index contributed by atoms with van der Waals surface area (Å²) in [5.74, 6) is -1.68. The van der Waals surface area contributed by atoms with Crippen molar-refractivity contribution in [2.45, 2.75) is 165 Å². The fourth-order valence-electron chi connectivity index (χ4n) is 11.0. The minimum absolute atomic E-state index is 0.000533. The Labute approximate surface area is 453 Å². The molecule has 412 valence electrons. The highest BCUT2D eigenvalue weighted by Gasteiger charge is 2.63.